The van der Waals surface area contributed by atoms with Gasteiger partial charge in [0.2, 0.25) is 0 Å². The minimum atomic E-state index is -0.567. The van der Waals surface area contributed by atoms with Gasteiger partial charge in [0.25, 0.3) is 0 Å². The summed E-state index contributed by atoms with van der Waals surface area (Å²) in [5.41, 5.74) is 1.09. The highest BCUT2D eigenvalue weighted by atomic mass is 16.5. The molecular weight excluding hydrogens is 282 g/mol. The molecule has 1 aliphatic carbocycles. The molecule has 1 saturated carbocycles. The van der Waals surface area contributed by atoms with Gasteiger partial charge in [-0.15, -0.1) is 0 Å². The third-order valence-corrected chi connectivity index (χ3v) is 4.19. The SMILES string of the molecule is O=c1[nH]c2cccc(OCC(O)CNC3CCCCC3)c2[nH]1. The highest BCUT2D eigenvalue weighted by Gasteiger charge is 2.15. The van der Waals surface area contributed by atoms with Crippen molar-refractivity contribution >= 4 is 11.0 Å². The van der Waals surface area contributed by atoms with Gasteiger partial charge in [-0.1, -0.05) is 25.3 Å². The smallest absolute Gasteiger partial charge is 0.323 e. The van der Waals surface area contributed by atoms with Crippen molar-refractivity contribution in [1.82, 2.24) is 15.3 Å². The molecule has 0 spiro atoms. The van der Waals surface area contributed by atoms with E-state index in [2.05, 4.69) is 15.3 Å². The van der Waals surface area contributed by atoms with Crippen LogP contribution in [-0.2, 0) is 0 Å². The van der Waals surface area contributed by atoms with Crippen LogP contribution in [-0.4, -0.2) is 40.4 Å². The molecular formula is C16H23N3O3. The summed E-state index contributed by atoms with van der Waals surface area (Å²) < 4.78 is 5.65. The van der Waals surface area contributed by atoms with Crippen LogP contribution in [0.5, 0.6) is 5.75 Å². The van der Waals surface area contributed by atoms with E-state index in [0.717, 1.165) is 0 Å². The lowest BCUT2D eigenvalue weighted by atomic mass is 9.95. The van der Waals surface area contributed by atoms with Crippen molar-refractivity contribution in [2.24, 2.45) is 0 Å². The molecule has 1 heterocycles. The largest absolute Gasteiger partial charge is 0.489 e. The summed E-state index contributed by atoms with van der Waals surface area (Å²) in [7, 11) is 0. The molecule has 0 amide bonds. The van der Waals surface area contributed by atoms with Crippen molar-refractivity contribution in [2.75, 3.05) is 13.2 Å². The van der Waals surface area contributed by atoms with E-state index in [1.807, 2.05) is 6.07 Å². The number of imidazole rings is 1. The lowest BCUT2D eigenvalue weighted by molar-refractivity contribution is 0.102. The van der Waals surface area contributed by atoms with Crippen LogP contribution in [0.25, 0.3) is 11.0 Å². The summed E-state index contributed by atoms with van der Waals surface area (Å²) in [5.74, 6) is 0.576. The molecule has 0 saturated heterocycles. The molecule has 0 radical (unpaired) electrons. The predicted molar refractivity (Wildman–Crippen MR) is 85.3 cm³/mol. The number of aromatic nitrogens is 2. The molecule has 4 N–H and O–H groups in total. The second-order valence-electron chi connectivity index (χ2n) is 5.97. The molecule has 6 nitrogen and oxygen atoms in total. The molecule has 22 heavy (non-hydrogen) atoms. The maximum atomic E-state index is 11.3. The van der Waals surface area contributed by atoms with Gasteiger partial charge in [0.15, 0.2) is 0 Å². The van der Waals surface area contributed by atoms with Crippen LogP contribution in [0.2, 0.25) is 0 Å². The lowest BCUT2D eigenvalue weighted by Crippen LogP contribution is -2.38. The number of nitrogens with one attached hydrogen (secondary N) is 3. The molecule has 1 aromatic heterocycles. The molecule has 3 rings (SSSR count). The van der Waals surface area contributed by atoms with E-state index in [1.165, 1.54) is 32.1 Å². The summed E-state index contributed by atoms with van der Waals surface area (Å²) in [4.78, 5) is 16.7. The zero-order valence-electron chi connectivity index (χ0n) is 12.6. The van der Waals surface area contributed by atoms with E-state index in [-0.39, 0.29) is 12.3 Å². The zero-order chi connectivity index (χ0) is 15.4. The van der Waals surface area contributed by atoms with Crippen molar-refractivity contribution in [3.8, 4) is 5.75 Å². The van der Waals surface area contributed by atoms with Crippen molar-refractivity contribution in [3.05, 3.63) is 28.7 Å². The highest BCUT2D eigenvalue weighted by molar-refractivity contribution is 5.80. The number of benzene rings is 1. The fourth-order valence-electron chi connectivity index (χ4n) is 3.01. The number of para-hydroxylation sites is 1. The van der Waals surface area contributed by atoms with Crippen LogP contribution in [0, 0.1) is 0 Å². The van der Waals surface area contributed by atoms with Crippen LogP contribution >= 0.6 is 0 Å². The van der Waals surface area contributed by atoms with Crippen LogP contribution in [0.1, 0.15) is 32.1 Å². The number of aliphatic hydroxyl groups excluding tert-OH is 1. The van der Waals surface area contributed by atoms with Crippen LogP contribution in [0.15, 0.2) is 23.0 Å². The Labute approximate surface area is 128 Å². The number of aromatic amines is 2. The number of H-pyrrole nitrogens is 2. The lowest BCUT2D eigenvalue weighted by Gasteiger charge is -2.24. The average Bonchev–Trinajstić information content (AvgIpc) is 2.92. The fraction of sp³-hybridized carbons (Fsp3) is 0.562. The standard InChI is InChI=1S/C16H23N3O3/c20-12(9-17-11-5-2-1-3-6-11)10-22-14-8-4-7-13-15(14)19-16(21)18-13/h4,7-8,11-12,17,20H,1-3,5-6,9-10H2,(H2,18,19,21). The monoisotopic (exact) mass is 305 g/mol. The Morgan fingerprint density at radius 2 is 2.09 bits per heavy atom. The van der Waals surface area contributed by atoms with Gasteiger partial charge >= 0.3 is 5.69 Å². The molecule has 0 bridgehead atoms. The van der Waals surface area contributed by atoms with Gasteiger partial charge in [0.05, 0.1) is 5.52 Å². The average molecular weight is 305 g/mol. The first-order chi connectivity index (χ1) is 10.7. The summed E-state index contributed by atoms with van der Waals surface area (Å²) in [6, 6.07) is 5.93. The van der Waals surface area contributed by atoms with Crippen LogP contribution < -0.4 is 15.7 Å². The van der Waals surface area contributed by atoms with E-state index < -0.39 is 6.10 Å². The van der Waals surface area contributed by atoms with Gasteiger partial charge in [-0.05, 0) is 25.0 Å². The highest BCUT2D eigenvalue weighted by Crippen LogP contribution is 2.21. The first-order valence-corrected chi connectivity index (χ1v) is 7.97. The maximum Gasteiger partial charge on any atom is 0.323 e. The van der Waals surface area contributed by atoms with E-state index in [9.17, 15) is 9.90 Å². The molecule has 0 aliphatic heterocycles. The number of fused-ring (bicyclic) bond motifs is 1. The van der Waals surface area contributed by atoms with E-state index in [4.69, 9.17) is 4.74 Å². The first kappa shape index (κ1) is 15.1. The minimum absolute atomic E-state index is 0.200. The molecule has 1 unspecified atom stereocenters. The number of ether oxygens (including phenoxy) is 1. The molecule has 120 valence electrons. The molecule has 6 heteroatoms. The van der Waals surface area contributed by atoms with Crippen LogP contribution in [0.4, 0.5) is 0 Å². The second-order valence-corrected chi connectivity index (χ2v) is 5.97. The molecule has 1 atom stereocenters. The summed E-state index contributed by atoms with van der Waals surface area (Å²) in [6.07, 6.45) is 5.68. The number of rotatable bonds is 6. The van der Waals surface area contributed by atoms with E-state index in [0.29, 0.717) is 29.4 Å². The van der Waals surface area contributed by atoms with Crippen LogP contribution in [0.3, 0.4) is 0 Å². The Morgan fingerprint density at radius 3 is 2.91 bits per heavy atom. The fourth-order valence-corrected chi connectivity index (χ4v) is 3.01. The van der Waals surface area contributed by atoms with Gasteiger partial charge in [0, 0.05) is 12.6 Å². The maximum absolute atomic E-state index is 11.3. The Bertz CT molecular complexity index is 658. The normalized spacial score (nSPS) is 17.7. The van der Waals surface area contributed by atoms with E-state index in [1.54, 1.807) is 12.1 Å². The van der Waals surface area contributed by atoms with Gasteiger partial charge in [-0.3, -0.25) is 0 Å². The van der Waals surface area contributed by atoms with Gasteiger partial charge in [-0.2, -0.15) is 0 Å². The Hall–Kier alpha value is -1.79. The summed E-state index contributed by atoms with van der Waals surface area (Å²) in [6.45, 7) is 0.732. The summed E-state index contributed by atoms with van der Waals surface area (Å²) >= 11 is 0. The van der Waals surface area contributed by atoms with Crippen molar-refractivity contribution < 1.29 is 9.84 Å². The number of aliphatic hydroxyl groups is 1. The number of hydrogen-bond donors (Lipinski definition) is 4. The third-order valence-electron chi connectivity index (χ3n) is 4.19. The quantitative estimate of drug-likeness (QED) is 0.651. The summed E-state index contributed by atoms with van der Waals surface area (Å²) in [5, 5.41) is 13.5. The molecule has 2 aromatic rings. The van der Waals surface area contributed by atoms with Crippen molar-refractivity contribution in [2.45, 2.75) is 44.2 Å². The third kappa shape index (κ3) is 3.69. The van der Waals surface area contributed by atoms with Gasteiger partial charge in [-0.25, -0.2) is 4.79 Å². The van der Waals surface area contributed by atoms with Crippen molar-refractivity contribution in [1.29, 1.82) is 0 Å². The van der Waals surface area contributed by atoms with E-state index >= 15 is 0 Å². The molecule has 1 fully saturated rings. The zero-order valence-corrected chi connectivity index (χ0v) is 12.6. The van der Waals surface area contributed by atoms with Gasteiger partial charge < -0.3 is 25.1 Å². The first-order valence-electron chi connectivity index (χ1n) is 7.97. The molecule has 1 aromatic carbocycles. The minimum Gasteiger partial charge on any atom is -0.489 e. The Balaban J connectivity index is 1.51. The number of hydrogen-bond acceptors (Lipinski definition) is 4. The Morgan fingerprint density at radius 1 is 1.27 bits per heavy atom. The molecule has 1 aliphatic rings. The van der Waals surface area contributed by atoms with Gasteiger partial charge in [0.1, 0.15) is 24.0 Å². The second kappa shape index (κ2) is 6.98. The predicted octanol–water partition coefficient (Wildman–Crippen LogP) is 1.52. The topological polar surface area (TPSA) is 90.1 Å². The Kier molecular flexibility index (Phi) is 4.80. The van der Waals surface area contributed by atoms with Crippen molar-refractivity contribution in [3.63, 3.8) is 0 Å².